The molecular formula is C121H101N15PdPt2. The Kier molecular flexibility index (Phi) is 20.9. The number of pyridine rings is 3. The second-order valence-electron chi connectivity index (χ2n) is 42.3. The topological polar surface area (TPSA) is 122 Å². The molecule has 0 saturated carbocycles. The number of benzene rings is 12. The van der Waals surface area contributed by atoms with Crippen molar-refractivity contribution >= 4 is 131 Å². The van der Waals surface area contributed by atoms with Crippen molar-refractivity contribution in [1.29, 1.82) is 0 Å². The van der Waals surface area contributed by atoms with E-state index in [1.807, 2.05) is 58.7 Å². The molecule has 24 aromatic rings. The van der Waals surface area contributed by atoms with Gasteiger partial charge in [0.2, 0.25) is 0 Å². The molecule has 12 aromatic heterocycles. The first-order valence-electron chi connectivity index (χ1n) is 47.2. The summed E-state index contributed by atoms with van der Waals surface area (Å²) in [6, 6.07) is 109. The molecule has 18 heteroatoms. The van der Waals surface area contributed by atoms with Gasteiger partial charge >= 0.3 is 62.6 Å². The van der Waals surface area contributed by atoms with Gasteiger partial charge in [-0.1, -0.05) is 263 Å². The van der Waals surface area contributed by atoms with Crippen LogP contribution >= 0.6 is 0 Å². The molecule has 0 amide bonds. The minimum Gasteiger partial charge on any atom is -0.358 e. The molecule has 0 N–H and O–H groups in total. The number of fused-ring (bicyclic) bond motifs is 24. The molecule has 690 valence electrons. The number of para-hydroxylation sites is 3. The third-order valence-electron chi connectivity index (χ3n) is 29.6. The first-order chi connectivity index (χ1) is 65.3. The summed E-state index contributed by atoms with van der Waals surface area (Å²) >= 11 is 0. The molecule has 3 aliphatic heterocycles. The van der Waals surface area contributed by atoms with Crippen LogP contribution in [-0.2, 0) is 95.0 Å². The minimum absolute atomic E-state index is 0. The summed E-state index contributed by atoms with van der Waals surface area (Å²) in [5.74, 6) is 2.95. The van der Waals surface area contributed by atoms with E-state index in [0.717, 1.165) is 140 Å². The van der Waals surface area contributed by atoms with Crippen LogP contribution in [0.5, 0.6) is 0 Å². The van der Waals surface area contributed by atoms with Gasteiger partial charge in [-0.3, -0.25) is 14.0 Å². The summed E-state index contributed by atoms with van der Waals surface area (Å²) in [5, 5.41) is 28.3. The van der Waals surface area contributed by atoms with Crippen molar-refractivity contribution in [3.63, 3.8) is 0 Å². The van der Waals surface area contributed by atoms with Gasteiger partial charge in [-0.15, -0.1) is 105 Å². The van der Waals surface area contributed by atoms with E-state index >= 15 is 0 Å². The number of nitrogens with zero attached hydrogens (tertiary/aromatic N) is 15. The van der Waals surface area contributed by atoms with Gasteiger partial charge in [-0.2, -0.15) is 51.7 Å². The molecule has 0 fully saturated rings. The molecule has 12 aromatic carbocycles. The fourth-order valence-electron chi connectivity index (χ4n) is 22.5. The Balaban J connectivity index is 0.000000119. The summed E-state index contributed by atoms with van der Waals surface area (Å²) in [6.07, 6.45) is 9.48. The molecule has 0 atom stereocenters. The van der Waals surface area contributed by atoms with Crippen molar-refractivity contribution in [2.75, 3.05) is 0 Å². The van der Waals surface area contributed by atoms with E-state index in [1.54, 1.807) is 6.20 Å². The van der Waals surface area contributed by atoms with Crippen LogP contribution in [-0.4, -0.2) is 71.7 Å². The van der Waals surface area contributed by atoms with Crippen LogP contribution in [0.3, 0.4) is 0 Å². The zero-order valence-electron chi connectivity index (χ0n) is 81.1. The molecule has 0 bridgehead atoms. The molecule has 27 rings (SSSR count). The molecule has 15 heterocycles. The maximum absolute atomic E-state index is 5.00. The summed E-state index contributed by atoms with van der Waals surface area (Å²) in [5.41, 5.74) is 34.1. The Hall–Kier alpha value is -13.4. The SMILES string of the molecule is CC(C)(C)c1cc2c3c(c1)c1ccc(-n4c5[c-]c(-n6cccn6)ccc5c5ccccc54)[c-]c1n3-c1ncccc1C2(C)C.Cc1cc(C)n(-c2[c-]c3c(cc2)c2ccccc2n3-c2[c-]c3c(cc2)c2cc(C(C)(C)C)cc4c2n3-c2ncccc2C4(C)C)n1.Cc1cc(C)n(-c2[c-]c3c(cc2)c2ccccc2n3-c2[c-]c3c(cc2)c2cc(C(C)(C)C)cc4c2n3-c2ncccc2C4(C)C)n1.[Pd+2].[Pt+2].[Pt+2]. The molecule has 139 heavy (non-hydrogen) atoms. The molecule has 15 nitrogen and oxygen atoms in total. The maximum atomic E-state index is 5.00. The second-order valence-corrected chi connectivity index (χ2v) is 42.3. The first kappa shape index (κ1) is 90.7. The van der Waals surface area contributed by atoms with E-state index in [-0.39, 0.29) is 95.0 Å². The minimum atomic E-state index is -0.197. The fraction of sp³-hybridized carbons (Fsp3) is 0.207. The van der Waals surface area contributed by atoms with Gasteiger partial charge in [-0.05, 0) is 181 Å². The number of aromatic nitrogens is 15. The predicted octanol–water partition coefficient (Wildman–Crippen LogP) is 28.2. The Bertz CT molecular complexity index is 8920. The zero-order valence-corrected chi connectivity index (χ0v) is 87.2. The Morgan fingerprint density at radius 2 is 0.547 bits per heavy atom. The van der Waals surface area contributed by atoms with E-state index in [0.29, 0.717) is 0 Å². The average molecular weight is 2260 g/mol. The normalized spacial score (nSPS) is 13.9. The van der Waals surface area contributed by atoms with Crippen molar-refractivity contribution in [3.8, 4) is 51.6 Å². The standard InChI is InChI=1S/2C41H35N5.C39H31N5.Pd.2Pt/c2*1-24-19-25(2)46(43-24)28-15-17-30-29-11-8-9-13-35(29)44(36(30)23-28)27-14-16-31-32-20-26(40(3,4)5)21-34-38(32)45(37(31)22-27)39-33(41(34,6)7)12-10-18-42-39;1-38(2,3)24-20-30-29-16-14-26(23-35(29)44-36(30)32(21-24)39(4,5)31-11-8-17-40-37(31)44)43-33-12-7-6-10-27(33)28-15-13-25(22-34(28)43)42-19-9-18-41-42;;;/h2*8-21H,1-7H3;6-21H,1-5H3;;;/q3*-2;3*+2. The van der Waals surface area contributed by atoms with Gasteiger partial charge in [0.1, 0.15) is 17.5 Å². The van der Waals surface area contributed by atoms with Crippen LogP contribution in [0.1, 0.15) is 177 Å². The van der Waals surface area contributed by atoms with Crippen LogP contribution in [0.25, 0.3) is 182 Å². The van der Waals surface area contributed by atoms with E-state index in [1.165, 1.54) is 115 Å². The van der Waals surface area contributed by atoms with Gasteiger partial charge in [0, 0.05) is 108 Å². The second kappa shape index (κ2) is 32.1. The molecule has 0 unspecified atom stereocenters. The predicted molar refractivity (Wildman–Crippen MR) is 555 cm³/mol. The smallest absolute Gasteiger partial charge is 0.358 e. The fourth-order valence-corrected chi connectivity index (χ4v) is 22.5. The van der Waals surface area contributed by atoms with Crippen molar-refractivity contribution in [1.82, 2.24) is 71.7 Å². The number of hydrogen-bond donors (Lipinski definition) is 0. The molecular weight excluding hydrogens is 2160 g/mol. The van der Waals surface area contributed by atoms with E-state index in [2.05, 4.69) is 417 Å². The van der Waals surface area contributed by atoms with Gasteiger partial charge in [0.25, 0.3) is 0 Å². The largest absolute Gasteiger partial charge is 2.00 e. The van der Waals surface area contributed by atoms with Gasteiger partial charge in [-0.25, -0.2) is 15.0 Å². The van der Waals surface area contributed by atoms with E-state index in [9.17, 15) is 0 Å². The number of aryl methyl sites for hydroxylation is 4. The van der Waals surface area contributed by atoms with Crippen molar-refractivity contribution in [3.05, 3.63) is 377 Å². The van der Waals surface area contributed by atoms with E-state index < -0.39 is 0 Å². The first-order valence-corrected chi connectivity index (χ1v) is 47.2. The van der Waals surface area contributed by atoms with Gasteiger partial charge in [0.05, 0.1) is 11.4 Å². The molecule has 0 saturated heterocycles. The zero-order chi connectivity index (χ0) is 93.4. The third-order valence-corrected chi connectivity index (χ3v) is 29.6. The summed E-state index contributed by atoms with van der Waals surface area (Å²) in [6.45, 7) is 42.9. The Morgan fingerprint density at radius 1 is 0.266 bits per heavy atom. The average Bonchev–Trinajstić information content (AvgIpc) is 1.55. The van der Waals surface area contributed by atoms with Crippen molar-refractivity contribution in [2.24, 2.45) is 0 Å². The number of hydrogen-bond acceptors (Lipinski definition) is 6. The Labute approximate surface area is 850 Å². The van der Waals surface area contributed by atoms with E-state index in [4.69, 9.17) is 25.1 Å². The quantitative estimate of drug-likeness (QED) is 0.121. The van der Waals surface area contributed by atoms with Crippen LogP contribution in [0, 0.1) is 64.1 Å². The molecule has 3 aliphatic rings. The van der Waals surface area contributed by atoms with Crippen LogP contribution in [0.15, 0.2) is 268 Å². The van der Waals surface area contributed by atoms with Crippen LogP contribution < -0.4 is 0 Å². The monoisotopic (exact) mass is 2260 g/mol. The van der Waals surface area contributed by atoms with Gasteiger partial charge in [0.15, 0.2) is 0 Å². The molecule has 0 radical (unpaired) electrons. The third kappa shape index (κ3) is 13.6. The summed E-state index contributed by atoms with van der Waals surface area (Å²) in [7, 11) is 0. The maximum Gasteiger partial charge on any atom is 2.00 e. The summed E-state index contributed by atoms with van der Waals surface area (Å²) < 4.78 is 19.8. The van der Waals surface area contributed by atoms with Crippen molar-refractivity contribution in [2.45, 2.75) is 164 Å². The van der Waals surface area contributed by atoms with Crippen LogP contribution in [0.4, 0.5) is 0 Å². The van der Waals surface area contributed by atoms with Crippen molar-refractivity contribution < 1.29 is 62.6 Å². The number of rotatable bonds is 6. The van der Waals surface area contributed by atoms with Gasteiger partial charge < -0.3 is 27.4 Å². The molecule has 0 spiro atoms. The summed E-state index contributed by atoms with van der Waals surface area (Å²) in [4.78, 5) is 15.0. The Morgan fingerprint density at radius 3 is 0.842 bits per heavy atom. The molecule has 0 aliphatic carbocycles. The van der Waals surface area contributed by atoms with Crippen LogP contribution in [0.2, 0.25) is 0 Å².